The standard InChI is InChI=1S/C86H105N17O15/c1-49(87-9)74(104)93-72(85(3,4)5)81(111)100-45-62-41-70(100)78(108)89-66(39-53-19-25-55-15-11-13-17-58(55)35-53)76(106)91-68(80(110)99-33-31-57(32-34-99)83(113)114)37-51-21-27-64(28-22-51)117-47-60-43-103(97-95-60)63-42-71(101(46-63)82(112)73(86(6,7)8)94-75(105)50(2)88-10)79(109)90-67(40-54-20-26-56-16-12-14-18-59(56)36-54)77(107)92-69(84(115)116)38-52-23-29-65(30-24-52)118-48-61-44-102(62)98-96-61/h11-30,35-36,43-44,49-50,57,62-63,66-73,87-88H,31-34,37-42,45-48H2,1-10H3,(H,89,108)(H,90,109)(H,91,106)(H,92,107)(H,93,104)(H,94,105)(H,113,114)(H,115,116)/t49-,50-,62-,63-,66-,67-,68-,69-,70-,71-,72+,73+/m0/s1. The van der Waals surface area contributed by atoms with Crippen LogP contribution in [-0.4, -0.2) is 221 Å². The van der Waals surface area contributed by atoms with E-state index >= 15 is 28.8 Å². The van der Waals surface area contributed by atoms with Crippen LogP contribution in [0, 0.1) is 16.7 Å². The third-order valence-corrected chi connectivity index (χ3v) is 22.7. The van der Waals surface area contributed by atoms with Crippen molar-refractivity contribution in [1.29, 1.82) is 0 Å². The molecule has 2 aromatic heterocycles. The Morgan fingerprint density at radius 2 is 0.907 bits per heavy atom. The molecule has 7 aliphatic rings. The number of piperidine rings is 1. The number of aliphatic carboxylic acids is 2. The van der Waals surface area contributed by atoms with Crippen LogP contribution in [0.15, 0.2) is 146 Å². The second-order valence-electron chi connectivity index (χ2n) is 33.4. The summed E-state index contributed by atoms with van der Waals surface area (Å²) < 4.78 is 15.6. The topological polar surface area (TPSA) is 414 Å². The van der Waals surface area contributed by atoms with Gasteiger partial charge in [-0.25, -0.2) is 14.2 Å². The molecule has 3 fully saturated rings. The van der Waals surface area contributed by atoms with Crippen molar-refractivity contribution in [3.05, 3.63) is 179 Å². The van der Waals surface area contributed by atoms with Crippen molar-refractivity contribution in [2.45, 2.75) is 192 Å². The molecule has 32 heteroatoms. The first-order valence-electron chi connectivity index (χ1n) is 40.0. The lowest BCUT2D eigenvalue weighted by atomic mass is 9.85. The monoisotopic (exact) mass is 1620 g/mol. The molecule has 9 amide bonds. The Bertz CT molecular complexity index is 5010. The fraction of sp³-hybridized carbons (Fsp3) is 0.453. The summed E-state index contributed by atoms with van der Waals surface area (Å²) in [6.07, 6.45) is 3.01. The van der Waals surface area contributed by atoms with Gasteiger partial charge in [0.15, 0.2) is 0 Å². The van der Waals surface area contributed by atoms with Crippen molar-refractivity contribution in [1.82, 2.24) is 87.2 Å². The third-order valence-electron chi connectivity index (χ3n) is 22.7. The molecule has 12 bridgehead atoms. The number of benzene rings is 6. The van der Waals surface area contributed by atoms with Crippen molar-refractivity contribution in [3.8, 4) is 11.5 Å². The van der Waals surface area contributed by atoms with Gasteiger partial charge in [0.1, 0.15) is 84.4 Å². The van der Waals surface area contributed by atoms with Gasteiger partial charge in [-0.3, -0.25) is 47.9 Å². The van der Waals surface area contributed by atoms with Gasteiger partial charge in [-0.05, 0) is 120 Å². The normalized spacial score (nSPS) is 21.9. The van der Waals surface area contributed by atoms with Gasteiger partial charge in [0.05, 0.1) is 42.5 Å². The summed E-state index contributed by atoms with van der Waals surface area (Å²) in [4.78, 5) is 164. The Hall–Kier alpha value is -12.2. The fourth-order valence-electron chi connectivity index (χ4n) is 15.4. The molecular weight excluding hydrogens is 1510 g/mol. The lowest BCUT2D eigenvalue weighted by Crippen LogP contribution is -2.61. The smallest absolute Gasteiger partial charge is 0.326 e. The number of aromatic nitrogens is 6. The maximum absolute atomic E-state index is 15.6. The van der Waals surface area contributed by atoms with Gasteiger partial charge in [0.2, 0.25) is 53.2 Å². The van der Waals surface area contributed by atoms with Crippen LogP contribution in [0.2, 0.25) is 0 Å². The van der Waals surface area contributed by atoms with Crippen molar-refractivity contribution in [2.75, 3.05) is 40.3 Å². The predicted octanol–water partition coefficient (Wildman–Crippen LogP) is 4.53. The molecule has 0 aliphatic carbocycles. The Morgan fingerprint density at radius 3 is 1.30 bits per heavy atom. The summed E-state index contributed by atoms with van der Waals surface area (Å²) in [6, 6.07) is 26.4. The minimum absolute atomic E-state index is 0.0458. The zero-order valence-electron chi connectivity index (χ0n) is 68.0. The van der Waals surface area contributed by atoms with E-state index in [9.17, 15) is 34.2 Å². The van der Waals surface area contributed by atoms with Crippen LogP contribution >= 0.6 is 0 Å². The summed E-state index contributed by atoms with van der Waals surface area (Å²) in [5.74, 6) is -7.93. The zero-order valence-corrected chi connectivity index (χ0v) is 68.0. The number of carboxylic acids is 2. The van der Waals surface area contributed by atoms with Crippen LogP contribution in [0.3, 0.4) is 0 Å². The number of hydrogen-bond donors (Lipinski definition) is 10. The third kappa shape index (κ3) is 20.8. The molecule has 0 radical (unpaired) electrons. The van der Waals surface area contributed by atoms with Crippen LogP contribution in [0.25, 0.3) is 21.5 Å². The van der Waals surface area contributed by atoms with E-state index in [-0.39, 0.29) is 90.8 Å². The molecule has 3 saturated heterocycles. The highest BCUT2D eigenvalue weighted by molar-refractivity contribution is 5.99. The van der Waals surface area contributed by atoms with Gasteiger partial charge < -0.3 is 76.9 Å². The zero-order chi connectivity index (χ0) is 84.4. The van der Waals surface area contributed by atoms with Crippen LogP contribution in [0.5, 0.6) is 11.5 Å². The average Bonchev–Trinajstić information content (AvgIpc) is 1.63. The Labute approximate surface area is 683 Å². The molecule has 0 unspecified atom stereocenters. The van der Waals surface area contributed by atoms with E-state index in [2.05, 4.69) is 63.2 Å². The number of amides is 9. The van der Waals surface area contributed by atoms with Crippen molar-refractivity contribution in [2.24, 2.45) is 16.7 Å². The summed E-state index contributed by atoms with van der Waals surface area (Å²) in [5.41, 5.74) is 1.23. The van der Waals surface area contributed by atoms with Gasteiger partial charge in [0.25, 0.3) is 0 Å². The molecule has 0 spiro atoms. The molecular formula is C86H105N17O15. The largest absolute Gasteiger partial charge is 0.487 e. The minimum atomic E-state index is -1.52. The number of fused-ring (bicyclic) bond motifs is 2. The number of carbonyl (C=O) groups is 11. The van der Waals surface area contributed by atoms with E-state index in [1.165, 1.54) is 24.1 Å². The van der Waals surface area contributed by atoms with Gasteiger partial charge in [-0.2, -0.15) is 0 Å². The van der Waals surface area contributed by atoms with Crippen LogP contribution in [0.4, 0.5) is 0 Å². The first kappa shape index (κ1) is 85.2. The predicted molar refractivity (Wildman–Crippen MR) is 435 cm³/mol. The van der Waals surface area contributed by atoms with Crippen LogP contribution in [0.1, 0.15) is 127 Å². The van der Waals surface area contributed by atoms with E-state index in [0.717, 1.165) is 21.5 Å². The summed E-state index contributed by atoms with van der Waals surface area (Å²) in [7, 11) is 3.22. The molecule has 8 aromatic rings. The van der Waals surface area contributed by atoms with Crippen molar-refractivity contribution in [3.63, 3.8) is 0 Å². The summed E-state index contributed by atoms with van der Waals surface area (Å²) in [6.45, 7) is 13.7. The van der Waals surface area contributed by atoms with Gasteiger partial charge in [-0.1, -0.05) is 161 Å². The Morgan fingerprint density at radius 1 is 0.508 bits per heavy atom. The summed E-state index contributed by atoms with van der Waals surface area (Å²) in [5, 5.41) is 65.4. The number of carbonyl (C=O) groups excluding carboxylic acids is 9. The number of likely N-dealkylation sites (tertiary alicyclic amines) is 3. The molecule has 9 heterocycles. The van der Waals surface area contributed by atoms with Gasteiger partial charge in [0, 0.05) is 64.7 Å². The van der Waals surface area contributed by atoms with Gasteiger partial charge in [-0.15, -0.1) is 10.2 Å². The number of nitrogens with zero attached hydrogens (tertiary/aromatic N) is 9. The number of ether oxygens (including phenoxy) is 2. The fourth-order valence-corrected chi connectivity index (χ4v) is 15.4. The van der Waals surface area contributed by atoms with E-state index in [1.54, 1.807) is 130 Å². The molecule has 10 N–H and O–H groups in total. The maximum atomic E-state index is 15.6. The number of carboxylic acid groups (broad SMARTS) is 2. The molecule has 12 atom stereocenters. The second kappa shape index (κ2) is 37.0. The number of rotatable bonds is 15. The molecule has 6 aromatic carbocycles. The highest BCUT2D eigenvalue weighted by atomic mass is 16.5. The average molecular weight is 1620 g/mol. The highest BCUT2D eigenvalue weighted by Crippen LogP contribution is 2.35. The van der Waals surface area contributed by atoms with E-state index in [1.807, 2.05) is 84.9 Å². The lowest BCUT2D eigenvalue weighted by Gasteiger charge is -2.36. The van der Waals surface area contributed by atoms with Crippen LogP contribution < -0.4 is 52.0 Å². The molecule has 15 rings (SSSR count). The molecule has 624 valence electrons. The first-order chi connectivity index (χ1) is 56.3. The number of likely N-dealkylation sites (N-methyl/N-ethyl adjacent to an activating group) is 2. The summed E-state index contributed by atoms with van der Waals surface area (Å²) >= 11 is 0. The SMILES string of the molecule is CN[C@@H](C)C(=O)N[C@H](C(=O)N1C[C@@H]2C[C@H]1C(=O)N[C@@H](Cc1ccc3ccccc3c1)C(=O)N[C@H](C(=O)O)Cc1ccc(cc1)OCc1cn(nn1)[C@H]1C[C@@H](C(=O)N[C@@H](Cc3ccc4ccccc4c3)C(=O)N[C@H](C(=O)N3CCC(C(=O)O)CC3)Cc3ccc(cc3)OCc3cn2nn3)N(C(=O)[C@@H](NC(=O)[C@H](C)NC)C(C)(C)C)C1)C(C)(C)C. The van der Waals surface area contributed by atoms with E-state index in [4.69, 9.17) is 9.47 Å². The quantitative estimate of drug-likeness (QED) is 0.0674. The molecule has 0 saturated carbocycles. The molecule has 118 heavy (non-hydrogen) atoms. The van der Waals surface area contributed by atoms with Crippen molar-refractivity contribution >= 4 is 86.6 Å². The van der Waals surface area contributed by atoms with Gasteiger partial charge >= 0.3 is 11.9 Å². The lowest BCUT2D eigenvalue weighted by molar-refractivity contribution is -0.146. The minimum Gasteiger partial charge on any atom is -0.487 e. The molecule has 7 aliphatic heterocycles. The van der Waals surface area contributed by atoms with Crippen molar-refractivity contribution < 1.29 is 72.4 Å². The number of hydrogen-bond acceptors (Lipinski definition) is 19. The first-order valence-corrected chi connectivity index (χ1v) is 40.0. The number of nitrogens with one attached hydrogen (secondary N) is 8. The Balaban J connectivity index is 0.893. The maximum Gasteiger partial charge on any atom is 0.326 e. The highest BCUT2D eigenvalue weighted by Gasteiger charge is 2.49. The van der Waals surface area contributed by atoms with Crippen LogP contribution in [-0.2, 0) is 91.6 Å². The van der Waals surface area contributed by atoms with E-state index in [0.29, 0.717) is 45.1 Å². The second-order valence-corrected chi connectivity index (χ2v) is 33.4. The Kier molecular flexibility index (Phi) is 26.7. The van der Waals surface area contributed by atoms with E-state index < -0.39 is 154 Å². The molecule has 32 nitrogen and oxygen atoms in total.